The van der Waals surface area contributed by atoms with Gasteiger partial charge in [0, 0.05) is 37.2 Å². The number of H-pyrrole nitrogens is 1. The summed E-state index contributed by atoms with van der Waals surface area (Å²) in [5, 5.41) is 35.8. The highest BCUT2D eigenvalue weighted by Crippen LogP contribution is 2.36. The number of benzene rings is 5. The summed E-state index contributed by atoms with van der Waals surface area (Å²) >= 11 is 0. The van der Waals surface area contributed by atoms with Crippen LogP contribution in [0, 0.1) is 35.0 Å². The van der Waals surface area contributed by atoms with Crippen molar-refractivity contribution in [2.75, 3.05) is 20.7 Å². The molecule has 0 radical (unpaired) electrons. The Morgan fingerprint density at radius 1 is 0.902 bits per heavy atom. The summed E-state index contributed by atoms with van der Waals surface area (Å²) in [6, 6.07) is 25.9. The van der Waals surface area contributed by atoms with Crippen molar-refractivity contribution in [3.8, 4) is 29.8 Å². The predicted molar refractivity (Wildman–Crippen MR) is 195 cm³/mol. The second-order valence-electron chi connectivity index (χ2n) is 12.6. The number of nitriles is 1. The van der Waals surface area contributed by atoms with Crippen LogP contribution in [0.15, 0.2) is 82.6 Å². The van der Waals surface area contributed by atoms with Gasteiger partial charge in [0.05, 0.1) is 30.7 Å². The second-order valence-corrected chi connectivity index (χ2v) is 12.6. The maximum atomic E-state index is 13.1. The molecule has 0 unspecified atom stereocenters. The average molecular weight is 672 g/mol. The van der Waals surface area contributed by atoms with Crippen molar-refractivity contribution in [2.45, 2.75) is 24.9 Å². The molecule has 0 amide bonds. The van der Waals surface area contributed by atoms with Crippen molar-refractivity contribution >= 4 is 55.8 Å². The van der Waals surface area contributed by atoms with E-state index in [4.69, 9.17) is 10.00 Å². The number of hydrogen-bond acceptors (Lipinski definition) is 8. The Morgan fingerprint density at radius 2 is 1.47 bits per heavy atom. The van der Waals surface area contributed by atoms with E-state index in [0.717, 1.165) is 49.0 Å². The molecule has 248 valence electrons. The Bertz CT molecular complexity index is 2690. The molecule has 51 heavy (non-hydrogen) atoms. The third-order valence-corrected chi connectivity index (χ3v) is 8.84. The fourth-order valence-electron chi connectivity index (χ4n) is 6.48. The average Bonchev–Trinajstić information content (AvgIpc) is 3.70. The number of rotatable bonds is 4. The normalized spacial score (nSPS) is 17.2. The number of aliphatic hydroxyl groups is 2. The third kappa shape index (κ3) is 5.90. The quantitative estimate of drug-likeness (QED) is 0.107. The van der Waals surface area contributed by atoms with Crippen molar-refractivity contribution in [1.82, 2.24) is 24.4 Å². The largest absolute Gasteiger partial charge is 0.394 e. The van der Waals surface area contributed by atoms with E-state index < -0.39 is 24.0 Å². The lowest BCUT2D eigenvalue weighted by atomic mass is 9.91. The van der Waals surface area contributed by atoms with Gasteiger partial charge in [0.15, 0.2) is 17.0 Å². The first-order valence-corrected chi connectivity index (χ1v) is 16.2. The van der Waals surface area contributed by atoms with Gasteiger partial charge in [-0.2, -0.15) is 10.2 Å². The van der Waals surface area contributed by atoms with Crippen molar-refractivity contribution < 1.29 is 14.9 Å². The van der Waals surface area contributed by atoms with Gasteiger partial charge in [0.2, 0.25) is 5.95 Å². The third-order valence-electron chi connectivity index (χ3n) is 8.84. The minimum absolute atomic E-state index is 0.0603. The highest BCUT2D eigenvalue weighted by Gasteiger charge is 2.37. The van der Waals surface area contributed by atoms with Crippen molar-refractivity contribution in [1.29, 1.82) is 5.26 Å². The molecule has 2 aromatic heterocycles. The predicted octanol–water partition coefficient (Wildman–Crippen LogP) is 4.55. The van der Waals surface area contributed by atoms with E-state index in [1.54, 1.807) is 35.7 Å². The minimum atomic E-state index is -0.919. The Hall–Kier alpha value is -6.55. The standard InChI is InChI=1S/C40H29N7O4/c1-46(2)22-42-40-44-38-37(39(50)45-40)43-33(47(38)34-19-31(49)32(21-48)51-34)14-9-26-17-29-12-10-27-15-25(8-5-23-3-6-24(20-41)7-4-23)16-28-11-13-30(18-26)36(29)35(27)28/h3-4,6-7,10-13,15-18,22,31-32,34,48-49H,19,21H2,1-2H3,(H,44,45,50)/b42-22+/t31-,32+,34+/m0/s1. The first-order chi connectivity index (χ1) is 24.8. The molecule has 7 aromatic rings. The molecule has 11 nitrogen and oxygen atoms in total. The Kier molecular flexibility index (Phi) is 7.91. The van der Waals surface area contributed by atoms with Gasteiger partial charge in [-0.3, -0.25) is 14.3 Å². The van der Waals surface area contributed by atoms with E-state index in [1.165, 1.54) is 6.34 Å². The van der Waals surface area contributed by atoms with E-state index in [9.17, 15) is 15.0 Å². The molecular weight excluding hydrogens is 642 g/mol. The van der Waals surface area contributed by atoms with Crippen LogP contribution in [0.25, 0.3) is 43.5 Å². The van der Waals surface area contributed by atoms with E-state index in [-0.39, 0.29) is 36.0 Å². The number of nitrogens with one attached hydrogen (secondary N) is 1. The molecule has 8 rings (SSSR count). The number of imidazole rings is 1. The zero-order valence-corrected chi connectivity index (χ0v) is 27.5. The minimum Gasteiger partial charge on any atom is -0.394 e. The molecule has 1 aliphatic rings. The summed E-state index contributed by atoms with van der Waals surface area (Å²) in [5.41, 5.74) is 2.86. The van der Waals surface area contributed by atoms with Gasteiger partial charge in [-0.1, -0.05) is 42.0 Å². The Labute approximate surface area is 291 Å². The molecule has 1 saturated heterocycles. The van der Waals surface area contributed by atoms with Crippen LogP contribution in [0.2, 0.25) is 0 Å². The number of aromatic amines is 1. The Morgan fingerprint density at radius 3 is 2.02 bits per heavy atom. The van der Waals surface area contributed by atoms with Crippen molar-refractivity contribution in [3.63, 3.8) is 0 Å². The molecule has 0 saturated carbocycles. The molecule has 3 heterocycles. The van der Waals surface area contributed by atoms with Crippen molar-refractivity contribution in [3.05, 3.63) is 111 Å². The van der Waals surface area contributed by atoms with Gasteiger partial charge in [0.1, 0.15) is 12.3 Å². The van der Waals surface area contributed by atoms with Gasteiger partial charge < -0.3 is 19.8 Å². The second kappa shape index (κ2) is 12.7. The van der Waals surface area contributed by atoms with Crippen LogP contribution >= 0.6 is 0 Å². The number of aliphatic imine (C=N–C) groups is 1. The fraction of sp³-hybridized carbons (Fsp3) is 0.175. The fourth-order valence-corrected chi connectivity index (χ4v) is 6.48. The molecule has 1 aliphatic heterocycles. The SMILES string of the molecule is CN(C)/C=N/c1nc2c(nc(C#Cc3cc4ccc5cc(C#Cc6ccc(C#N)cc6)cc6ccc(c3)c4c56)n2[C@H]2C[C@H](O)[C@@H](CO)O2)c(=O)[nH]1. The zero-order valence-electron chi connectivity index (χ0n) is 27.5. The van der Waals surface area contributed by atoms with Crippen molar-refractivity contribution in [2.24, 2.45) is 4.99 Å². The van der Waals surface area contributed by atoms with Crippen LogP contribution in [0.5, 0.6) is 0 Å². The number of nitrogens with zero attached hydrogens (tertiary/aromatic N) is 6. The number of ether oxygens (including phenoxy) is 1. The highest BCUT2D eigenvalue weighted by atomic mass is 16.5. The van der Waals surface area contributed by atoms with Crippen LogP contribution in [-0.4, -0.2) is 73.9 Å². The molecule has 0 aliphatic carbocycles. The molecule has 5 aromatic carbocycles. The van der Waals surface area contributed by atoms with Gasteiger partial charge in [-0.05, 0) is 86.8 Å². The summed E-state index contributed by atoms with van der Waals surface area (Å²) in [4.78, 5) is 30.8. The lowest BCUT2D eigenvalue weighted by Gasteiger charge is -2.15. The molecule has 11 heteroatoms. The monoisotopic (exact) mass is 671 g/mol. The zero-order chi connectivity index (χ0) is 35.2. The summed E-state index contributed by atoms with van der Waals surface area (Å²) in [7, 11) is 3.60. The van der Waals surface area contributed by atoms with E-state index >= 15 is 0 Å². The summed E-state index contributed by atoms with van der Waals surface area (Å²) < 4.78 is 7.57. The van der Waals surface area contributed by atoms with Crippen LogP contribution in [-0.2, 0) is 4.74 Å². The molecule has 0 spiro atoms. The maximum absolute atomic E-state index is 13.1. The summed E-state index contributed by atoms with van der Waals surface area (Å²) in [6.45, 7) is -0.366. The van der Waals surface area contributed by atoms with E-state index in [2.05, 4.69) is 86.1 Å². The van der Waals surface area contributed by atoms with Crippen LogP contribution in [0.3, 0.4) is 0 Å². The molecule has 3 N–H and O–H groups in total. The summed E-state index contributed by atoms with van der Waals surface area (Å²) in [6.07, 6.45) is -0.818. The van der Waals surface area contributed by atoms with Gasteiger partial charge >= 0.3 is 0 Å². The molecule has 1 fully saturated rings. The summed E-state index contributed by atoms with van der Waals surface area (Å²) in [5.74, 6) is 13.1. The highest BCUT2D eigenvalue weighted by molar-refractivity contribution is 6.23. The first kappa shape index (κ1) is 31.7. The lowest BCUT2D eigenvalue weighted by Crippen LogP contribution is -2.24. The molecular formula is C40H29N7O4. The van der Waals surface area contributed by atoms with Gasteiger partial charge in [-0.25, -0.2) is 9.98 Å². The van der Waals surface area contributed by atoms with Crippen LogP contribution in [0.4, 0.5) is 5.95 Å². The Balaban J connectivity index is 1.19. The molecule has 3 atom stereocenters. The number of fused-ring (bicyclic) bond motifs is 1. The van der Waals surface area contributed by atoms with E-state index in [1.807, 2.05) is 24.3 Å². The lowest BCUT2D eigenvalue weighted by molar-refractivity contribution is -0.0434. The maximum Gasteiger partial charge on any atom is 0.280 e. The smallest absolute Gasteiger partial charge is 0.280 e. The van der Waals surface area contributed by atoms with Gasteiger partial charge in [-0.15, -0.1) is 0 Å². The van der Waals surface area contributed by atoms with Gasteiger partial charge in [0.25, 0.3) is 5.56 Å². The number of aromatic nitrogens is 4. The first-order valence-electron chi connectivity index (χ1n) is 16.2. The van der Waals surface area contributed by atoms with E-state index in [0.29, 0.717) is 5.56 Å². The number of hydrogen-bond donors (Lipinski definition) is 3. The topological polar surface area (TPSA) is 153 Å². The molecule has 0 bridgehead atoms. The van der Waals surface area contributed by atoms with Crippen LogP contribution < -0.4 is 5.56 Å². The number of aliphatic hydroxyl groups excluding tert-OH is 2. The van der Waals surface area contributed by atoms with Crippen LogP contribution in [0.1, 0.15) is 40.7 Å².